The van der Waals surface area contributed by atoms with Gasteiger partial charge in [0.25, 0.3) is 0 Å². The number of hydrogen-bond acceptors (Lipinski definition) is 3. The van der Waals surface area contributed by atoms with E-state index in [9.17, 15) is 0 Å². The average molecular weight is 835 g/mol. The zero-order chi connectivity index (χ0) is 42.1. The Bertz CT molecular complexity index is 3880. The van der Waals surface area contributed by atoms with Gasteiger partial charge in [-0.2, -0.15) is 0 Å². The zero-order valence-electron chi connectivity index (χ0n) is 34.7. The van der Waals surface area contributed by atoms with Crippen molar-refractivity contribution in [1.29, 1.82) is 0 Å². The summed E-state index contributed by atoms with van der Waals surface area (Å²) in [6.07, 6.45) is 0. The van der Waals surface area contributed by atoms with E-state index >= 15 is 0 Å². The predicted molar refractivity (Wildman–Crippen MR) is 272 cm³/mol. The molecule has 13 rings (SSSR count). The van der Waals surface area contributed by atoms with Crippen molar-refractivity contribution in [3.05, 3.63) is 231 Å². The Morgan fingerprint density at radius 3 is 1.72 bits per heavy atom. The summed E-state index contributed by atoms with van der Waals surface area (Å²) in [4.78, 5) is 2.38. The molecule has 0 bridgehead atoms. The van der Waals surface area contributed by atoms with Crippen molar-refractivity contribution in [1.82, 2.24) is 4.57 Å². The fourth-order valence-electron chi connectivity index (χ4n) is 9.74. The van der Waals surface area contributed by atoms with Crippen LogP contribution in [0.5, 0.6) is 0 Å². The highest BCUT2D eigenvalue weighted by Crippen LogP contribution is 2.43. The first kappa shape index (κ1) is 36.5. The lowest BCUT2D eigenvalue weighted by molar-refractivity contribution is 0.670. The first-order valence-corrected chi connectivity index (χ1v) is 22.6. The third kappa shape index (κ3) is 5.95. The van der Waals surface area contributed by atoms with Crippen molar-refractivity contribution in [2.45, 2.75) is 0 Å². The number of rotatable bonds is 7. The Kier molecular flexibility index (Phi) is 8.40. The Balaban J connectivity index is 0.917. The average Bonchev–Trinajstić information content (AvgIpc) is 4.04. The monoisotopic (exact) mass is 834 g/mol. The highest BCUT2D eigenvalue weighted by Gasteiger charge is 2.19. The van der Waals surface area contributed by atoms with E-state index in [2.05, 4.69) is 234 Å². The van der Waals surface area contributed by atoms with Crippen LogP contribution in [0.4, 0.5) is 17.1 Å². The topological polar surface area (TPSA) is 21.3 Å². The van der Waals surface area contributed by atoms with E-state index in [4.69, 9.17) is 4.42 Å². The fourth-order valence-corrected chi connectivity index (χ4v) is 10.9. The van der Waals surface area contributed by atoms with Gasteiger partial charge >= 0.3 is 0 Å². The minimum absolute atomic E-state index is 0.890. The highest BCUT2D eigenvalue weighted by atomic mass is 32.1. The normalized spacial score (nSPS) is 11.8. The molecule has 13 aromatic rings. The van der Waals surface area contributed by atoms with Gasteiger partial charge < -0.3 is 13.9 Å². The van der Waals surface area contributed by atoms with Crippen LogP contribution in [0.3, 0.4) is 0 Å². The predicted octanol–water partition coefficient (Wildman–Crippen LogP) is 17.5. The molecule has 0 aliphatic rings. The van der Waals surface area contributed by atoms with Crippen molar-refractivity contribution < 1.29 is 4.42 Å². The number of hydrogen-bond donors (Lipinski definition) is 0. The van der Waals surface area contributed by atoms with E-state index in [0.29, 0.717) is 0 Å². The largest absolute Gasteiger partial charge is 0.455 e. The Labute approximate surface area is 373 Å². The molecule has 3 heterocycles. The van der Waals surface area contributed by atoms with E-state index in [0.717, 1.165) is 66.9 Å². The van der Waals surface area contributed by atoms with Gasteiger partial charge in [-0.25, -0.2) is 0 Å². The minimum Gasteiger partial charge on any atom is -0.455 e. The van der Waals surface area contributed by atoms with Crippen LogP contribution in [0.1, 0.15) is 0 Å². The maximum absolute atomic E-state index is 6.52. The lowest BCUT2D eigenvalue weighted by atomic mass is 10.00. The number of para-hydroxylation sites is 3. The molecule has 0 aliphatic carbocycles. The summed E-state index contributed by atoms with van der Waals surface area (Å²) < 4.78 is 11.5. The van der Waals surface area contributed by atoms with Gasteiger partial charge in [-0.3, -0.25) is 0 Å². The van der Waals surface area contributed by atoms with Gasteiger partial charge in [0.2, 0.25) is 0 Å². The number of fused-ring (bicyclic) bond motifs is 9. The summed E-state index contributed by atoms with van der Waals surface area (Å²) in [5.41, 5.74) is 15.5. The van der Waals surface area contributed by atoms with Gasteiger partial charge in [0.15, 0.2) is 0 Å². The first-order valence-electron chi connectivity index (χ1n) is 21.7. The van der Waals surface area contributed by atoms with Gasteiger partial charge in [-0.1, -0.05) is 146 Å². The summed E-state index contributed by atoms with van der Waals surface area (Å²) in [5, 5.41) is 7.31. The molecule has 0 atom stereocenters. The van der Waals surface area contributed by atoms with Crippen molar-refractivity contribution in [3.63, 3.8) is 0 Å². The SMILES string of the molecule is c1ccc(-c2cccc3c2oc2ccc(-c4ccc(N(c5ccc(-c6ccc7c(c6)sc6ccccc67)cc5)c5ccc6c(c5)c5ccccc5n6-c5ccccc5)cc4)cc23)cc1. The third-order valence-electron chi connectivity index (χ3n) is 12.8. The first-order chi connectivity index (χ1) is 31.7. The van der Waals surface area contributed by atoms with E-state index in [1.807, 2.05) is 17.4 Å². The molecule has 300 valence electrons. The van der Waals surface area contributed by atoms with Crippen LogP contribution < -0.4 is 4.90 Å². The summed E-state index contributed by atoms with van der Waals surface area (Å²) in [6.45, 7) is 0. The molecule has 0 saturated carbocycles. The second kappa shape index (κ2) is 14.7. The van der Waals surface area contributed by atoms with Crippen LogP contribution in [0.25, 0.3) is 103 Å². The number of aromatic nitrogens is 1. The molecule has 10 aromatic carbocycles. The standard InChI is InChI=1S/C60H38N2OS/c1-3-12-41(13-4-1)48-18-11-19-52-54-36-42(27-35-57(54)63-60(48)52)39-22-28-45(29-23-39)61(46-30-24-40(25-31-46)43-26-33-51-50-17-8-10-21-58(50)64-59(51)37-43)47-32-34-56-53(38-47)49-16-7-9-20-55(49)62(56)44-14-5-2-6-15-44/h1-38H. The maximum atomic E-state index is 6.52. The van der Waals surface area contributed by atoms with Crippen molar-refractivity contribution >= 4 is 92.3 Å². The molecule has 4 heteroatoms. The molecule has 64 heavy (non-hydrogen) atoms. The summed E-state index contributed by atoms with van der Waals surface area (Å²) in [7, 11) is 0. The smallest absolute Gasteiger partial charge is 0.143 e. The second-order valence-electron chi connectivity index (χ2n) is 16.5. The summed E-state index contributed by atoms with van der Waals surface area (Å²) >= 11 is 1.86. The van der Waals surface area contributed by atoms with Crippen LogP contribution in [0, 0.1) is 0 Å². The Morgan fingerprint density at radius 1 is 0.344 bits per heavy atom. The van der Waals surface area contributed by atoms with Gasteiger partial charge in [0, 0.05) is 70.0 Å². The molecule has 0 radical (unpaired) electrons. The van der Waals surface area contributed by atoms with E-state index in [1.54, 1.807) is 0 Å². The molecule has 0 N–H and O–H groups in total. The number of benzene rings is 10. The Morgan fingerprint density at radius 2 is 0.938 bits per heavy atom. The molecule has 0 amide bonds. The zero-order valence-corrected chi connectivity index (χ0v) is 35.5. The highest BCUT2D eigenvalue weighted by molar-refractivity contribution is 7.25. The number of furan rings is 1. The maximum Gasteiger partial charge on any atom is 0.143 e. The fraction of sp³-hybridized carbons (Fsp3) is 0. The molecular weight excluding hydrogens is 797 g/mol. The summed E-state index contributed by atoms with van der Waals surface area (Å²) in [6, 6.07) is 83.4. The van der Waals surface area contributed by atoms with Crippen LogP contribution in [0.15, 0.2) is 235 Å². The van der Waals surface area contributed by atoms with Crippen LogP contribution in [-0.4, -0.2) is 4.57 Å². The van der Waals surface area contributed by atoms with Crippen LogP contribution >= 0.6 is 11.3 Å². The van der Waals surface area contributed by atoms with Gasteiger partial charge in [0.05, 0.1) is 11.0 Å². The molecule has 0 saturated heterocycles. The second-order valence-corrected chi connectivity index (χ2v) is 17.6. The molecular formula is C60H38N2OS. The van der Waals surface area contributed by atoms with Crippen LogP contribution in [0.2, 0.25) is 0 Å². The quantitative estimate of drug-likeness (QED) is 0.159. The minimum atomic E-state index is 0.890. The number of nitrogens with zero attached hydrogens (tertiary/aromatic N) is 2. The summed E-state index contributed by atoms with van der Waals surface area (Å²) in [5.74, 6) is 0. The number of thiophene rings is 1. The molecule has 0 unspecified atom stereocenters. The van der Waals surface area contributed by atoms with Crippen molar-refractivity contribution in [2.24, 2.45) is 0 Å². The van der Waals surface area contributed by atoms with Crippen molar-refractivity contribution in [3.8, 4) is 39.1 Å². The van der Waals surface area contributed by atoms with Crippen molar-refractivity contribution in [2.75, 3.05) is 4.90 Å². The molecule has 0 spiro atoms. The van der Waals surface area contributed by atoms with Gasteiger partial charge in [-0.15, -0.1) is 11.3 Å². The molecule has 0 aliphatic heterocycles. The van der Waals surface area contributed by atoms with E-state index in [-0.39, 0.29) is 0 Å². The van der Waals surface area contributed by atoms with E-state index in [1.165, 1.54) is 53.1 Å². The third-order valence-corrected chi connectivity index (χ3v) is 13.9. The lowest BCUT2D eigenvalue weighted by Crippen LogP contribution is -2.10. The molecule has 3 aromatic heterocycles. The lowest BCUT2D eigenvalue weighted by Gasteiger charge is -2.26. The van der Waals surface area contributed by atoms with E-state index < -0.39 is 0 Å². The number of anilines is 3. The van der Waals surface area contributed by atoms with Gasteiger partial charge in [0.1, 0.15) is 11.2 Å². The molecule has 3 nitrogen and oxygen atoms in total. The van der Waals surface area contributed by atoms with Crippen LogP contribution in [-0.2, 0) is 0 Å². The Hall–Kier alpha value is -8.18. The van der Waals surface area contributed by atoms with Gasteiger partial charge in [-0.05, 0) is 113 Å². The molecule has 0 fully saturated rings.